The van der Waals surface area contributed by atoms with Crippen molar-refractivity contribution in [1.82, 2.24) is 18.7 Å². The highest BCUT2D eigenvalue weighted by molar-refractivity contribution is 5.91. The van der Waals surface area contributed by atoms with E-state index >= 15 is 0 Å². The SMILES string of the molecule is CC(C)c1ccccc1NC(=O)Cn1c(=O)c2c(ncn2C)n(C)c1=O. The summed E-state index contributed by atoms with van der Waals surface area (Å²) in [6, 6.07) is 7.47. The fourth-order valence-electron chi connectivity index (χ4n) is 2.98. The molecule has 0 unspecified atom stereocenters. The molecule has 8 nitrogen and oxygen atoms in total. The molecule has 0 atom stereocenters. The number of nitrogens with one attached hydrogen (secondary N) is 1. The zero-order valence-corrected chi connectivity index (χ0v) is 15.2. The van der Waals surface area contributed by atoms with Crippen molar-refractivity contribution in [3.63, 3.8) is 0 Å². The molecule has 1 amide bonds. The number of benzene rings is 1. The van der Waals surface area contributed by atoms with Crippen molar-refractivity contribution in [2.45, 2.75) is 26.3 Å². The molecule has 0 aliphatic rings. The fraction of sp³-hybridized carbons (Fsp3) is 0.333. The van der Waals surface area contributed by atoms with Crippen LogP contribution in [0.5, 0.6) is 0 Å². The Kier molecular flexibility index (Phi) is 4.50. The third kappa shape index (κ3) is 2.94. The lowest BCUT2D eigenvalue weighted by molar-refractivity contribution is -0.116. The Balaban J connectivity index is 1.97. The van der Waals surface area contributed by atoms with E-state index in [1.165, 1.54) is 17.9 Å². The number of hydrogen-bond donors (Lipinski definition) is 1. The molecule has 0 spiro atoms. The number of nitrogens with zero attached hydrogens (tertiary/aromatic N) is 4. The van der Waals surface area contributed by atoms with E-state index in [0.717, 1.165) is 10.1 Å². The van der Waals surface area contributed by atoms with E-state index in [2.05, 4.69) is 10.3 Å². The van der Waals surface area contributed by atoms with Crippen LogP contribution in [0, 0.1) is 0 Å². The number of hydrogen-bond acceptors (Lipinski definition) is 4. The maximum Gasteiger partial charge on any atom is 0.332 e. The monoisotopic (exact) mass is 355 g/mol. The summed E-state index contributed by atoms with van der Waals surface area (Å²) in [7, 11) is 3.20. The van der Waals surface area contributed by atoms with Gasteiger partial charge in [0.15, 0.2) is 11.2 Å². The van der Waals surface area contributed by atoms with E-state index in [1.54, 1.807) is 17.7 Å². The van der Waals surface area contributed by atoms with Crippen molar-refractivity contribution in [2.24, 2.45) is 14.1 Å². The van der Waals surface area contributed by atoms with Crippen LogP contribution in [0.3, 0.4) is 0 Å². The van der Waals surface area contributed by atoms with Gasteiger partial charge < -0.3 is 9.88 Å². The van der Waals surface area contributed by atoms with Gasteiger partial charge in [-0.3, -0.25) is 14.2 Å². The van der Waals surface area contributed by atoms with E-state index < -0.39 is 17.2 Å². The first-order chi connectivity index (χ1) is 12.3. The van der Waals surface area contributed by atoms with E-state index in [0.29, 0.717) is 11.3 Å². The van der Waals surface area contributed by atoms with Crippen LogP contribution in [0.1, 0.15) is 25.3 Å². The number of amides is 1. The van der Waals surface area contributed by atoms with Gasteiger partial charge in [-0.15, -0.1) is 0 Å². The normalized spacial score (nSPS) is 11.3. The number of fused-ring (bicyclic) bond motifs is 1. The molecule has 0 aliphatic carbocycles. The predicted octanol–water partition coefficient (Wildman–Crippen LogP) is 1.20. The molecule has 136 valence electrons. The number of rotatable bonds is 4. The number of imidazole rings is 1. The highest BCUT2D eigenvalue weighted by Gasteiger charge is 2.17. The summed E-state index contributed by atoms with van der Waals surface area (Å²) in [6.07, 6.45) is 1.47. The fourth-order valence-corrected chi connectivity index (χ4v) is 2.98. The number of aromatic nitrogens is 4. The highest BCUT2D eigenvalue weighted by atomic mass is 16.2. The van der Waals surface area contributed by atoms with Crippen molar-refractivity contribution >= 4 is 22.8 Å². The second-order valence-electron chi connectivity index (χ2n) is 6.55. The quantitative estimate of drug-likeness (QED) is 0.761. The smallest absolute Gasteiger partial charge is 0.328 e. The van der Waals surface area contributed by atoms with Crippen LogP contribution in [-0.4, -0.2) is 24.6 Å². The second kappa shape index (κ2) is 6.62. The minimum atomic E-state index is -0.575. The first kappa shape index (κ1) is 17.7. The maximum atomic E-state index is 12.7. The first-order valence-electron chi connectivity index (χ1n) is 8.31. The molecule has 2 heterocycles. The Morgan fingerprint density at radius 2 is 1.88 bits per heavy atom. The molecule has 3 rings (SSSR count). The molecule has 0 radical (unpaired) electrons. The van der Waals surface area contributed by atoms with Gasteiger partial charge in [0.05, 0.1) is 6.33 Å². The van der Waals surface area contributed by atoms with Gasteiger partial charge in [-0.1, -0.05) is 32.0 Å². The van der Waals surface area contributed by atoms with E-state index in [9.17, 15) is 14.4 Å². The molecule has 0 saturated carbocycles. The zero-order chi connectivity index (χ0) is 19.0. The van der Waals surface area contributed by atoms with Gasteiger partial charge in [-0.05, 0) is 17.5 Å². The largest absolute Gasteiger partial charge is 0.332 e. The minimum absolute atomic E-state index is 0.230. The third-order valence-corrected chi connectivity index (χ3v) is 4.36. The van der Waals surface area contributed by atoms with Crippen molar-refractivity contribution in [2.75, 3.05) is 5.32 Å². The predicted molar refractivity (Wildman–Crippen MR) is 99.4 cm³/mol. The molecule has 0 fully saturated rings. The van der Waals surface area contributed by atoms with Gasteiger partial charge in [0.1, 0.15) is 6.54 Å². The van der Waals surface area contributed by atoms with E-state index in [1.807, 2.05) is 32.0 Å². The molecule has 0 bridgehead atoms. The van der Waals surface area contributed by atoms with Crippen LogP contribution in [0.25, 0.3) is 11.2 Å². The van der Waals surface area contributed by atoms with Gasteiger partial charge in [-0.2, -0.15) is 0 Å². The maximum absolute atomic E-state index is 12.7. The van der Waals surface area contributed by atoms with Crippen LogP contribution < -0.4 is 16.6 Å². The Bertz CT molecular complexity index is 1100. The average molecular weight is 355 g/mol. The van der Waals surface area contributed by atoms with Crippen molar-refractivity contribution < 1.29 is 4.79 Å². The topological polar surface area (TPSA) is 90.9 Å². The molecular formula is C18H21N5O3. The van der Waals surface area contributed by atoms with Gasteiger partial charge in [0, 0.05) is 19.8 Å². The van der Waals surface area contributed by atoms with Crippen LogP contribution in [0.4, 0.5) is 5.69 Å². The Morgan fingerprint density at radius 1 is 1.19 bits per heavy atom. The third-order valence-electron chi connectivity index (χ3n) is 4.36. The molecule has 26 heavy (non-hydrogen) atoms. The Hall–Kier alpha value is -3.16. The van der Waals surface area contributed by atoms with Gasteiger partial charge in [0.25, 0.3) is 5.56 Å². The summed E-state index contributed by atoms with van der Waals surface area (Å²) in [6.45, 7) is 3.70. The highest BCUT2D eigenvalue weighted by Crippen LogP contribution is 2.23. The summed E-state index contributed by atoms with van der Waals surface area (Å²) in [4.78, 5) is 41.7. The van der Waals surface area contributed by atoms with Crippen LogP contribution >= 0.6 is 0 Å². The Labute approximate surface area is 149 Å². The molecule has 2 aromatic heterocycles. The van der Waals surface area contributed by atoms with E-state index in [4.69, 9.17) is 0 Å². The molecule has 0 aliphatic heterocycles. The molecule has 1 aromatic carbocycles. The zero-order valence-electron chi connectivity index (χ0n) is 15.2. The number of aryl methyl sites for hydroxylation is 2. The summed E-state index contributed by atoms with van der Waals surface area (Å²) in [5.41, 5.74) is 1.14. The number of carbonyl (C=O) groups excluding carboxylic acids is 1. The summed E-state index contributed by atoms with van der Waals surface area (Å²) >= 11 is 0. The van der Waals surface area contributed by atoms with Gasteiger partial charge in [-0.25, -0.2) is 14.3 Å². The molecular weight excluding hydrogens is 334 g/mol. The lowest BCUT2D eigenvalue weighted by Gasteiger charge is -2.14. The number of carbonyl (C=O) groups is 1. The van der Waals surface area contributed by atoms with E-state index in [-0.39, 0.29) is 18.0 Å². The second-order valence-corrected chi connectivity index (χ2v) is 6.55. The van der Waals surface area contributed by atoms with Gasteiger partial charge >= 0.3 is 5.69 Å². The molecule has 3 aromatic rings. The van der Waals surface area contributed by atoms with Crippen molar-refractivity contribution in [3.8, 4) is 0 Å². The first-order valence-corrected chi connectivity index (χ1v) is 8.31. The summed E-state index contributed by atoms with van der Waals surface area (Å²) < 4.78 is 3.74. The van der Waals surface area contributed by atoms with Gasteiger partial charge in [0.2, 0.25) is 5.91 Å². The van der Waals surface area contributed by atoms with Crippen LogP contribution in [-0.2, 0) is 25.4 Å². The molecule has 1 N–H and O–H groups in total. The minimum Gasteiger partial charge on any atom is -0.328 e. The summed E-state index contributed by atoms with van der Waals surface area (Å²) in [5, 5.41) is 2.80. The number of para-hydroxylation sites is 1. The standard InChI is InChI=1S/C18H21N5O3/c1-11(2)12-7-5-6-8-13(12)20-14(24)9-23-17(25)15-16(19-10-21(15)3)22(4)18(23)26/h5-8,10-11H,9H2,1-4H3,(H,20,24). The Morgan fingerprint density at radius 3 is 2.58 bits per heavy atom. The lowest BCUT2D eigenvalue weighted by Crippen LogP contribution is -2.42. The number of anilines is 1. The lowest BCUT2D eigenvalue weighted by atomic mass is 10.0. The summed E-state index contributed by atoms with van der Waals surface area (Å²) in [5.74, 6) is -0.202. The van der Waals surface area contributed by atoms with Crippen molar-refractivity contribution in [3.05, 3.63) is 57.0 Å². The molecule has 0 saturated heterocycles. The van der Waals surface area contributed by atoms with Crippen LogP contribution in [0.15, 0.2) is 40.2 Å². The average Bonchev–Trinajstić information content (AvgIpc) is 2.99. The molecule has 8 heteroatoms. The van der Waals surface area contributed by atoms with Crippen molar-refractivity contribution in [1.29, 1.82) is 0 Å². The van der Waals surface area contributed by atoms with Crippen LogP contribution in [0.2, 0.25) is 0 Å².